The van der Waals surface area contributed by atoms with Gasteiger partial charge in [0.1, 0.15) is 11.5 Å². The van der Waals surface area contributed by atoms with Crippen LogP contribution >= 0.6 is 0 Å². The molecule has 0 fully saturated rings. The summed E-state index contributed by atoms with van der Waals surface area (Å²) in [6, 6.07) is 28.3. The summed E-state index contributed by atoms with van der Waals surface area (Å²) in [5.41, 5.74) is 0.914. The van der Waals surface area contributed by atoms with Gasteiger partial charge in [0.15, 0.2) is 0 Å². The van der Waals surface area contributed by atoms with Crippen LogP contribution in [-0.2, 0) is 0 Å². The van der Waals surface area contributed by atoms with Gasteiger partial charge in [0.05, 0.1) is 11.3 Å². The second-order valence-corrected chi connectivity index (χ2v) is 7.27. The molecule has 2 amide bonds. The van der Waals surface area contributed by atoms with Crippen LogP contribution in [0.3, 0.4) is 0 Å². The van der Waals surface area contributed by atoms with Crippen molar-refractivity contribution in [3.05, 3.63) is 109 Å². The van der Waals surface area contributed by atoms with Crippen LogP contribution in [0, 0.1) is 0 Å². The molecule has 0 radical (unpaired) electrons. The van der Waals surface area contributed by atoms with Crippen molar-refractivity contribution in [2.45, 2.75) is 0 Å². The van der Waals surface area contributed by atoms with E-state index in [-0.39, 0.29) is 22.5 Å². The third-order valence-electron chi connectivity index (χ3n) is 4.82. The predicted molar refractivity (Wildman–Crippen MR) is 131 cm³/mol. The first-order valence-corrected chi connectivity index (χ1v) is 10.5. The summed E-state index contributed by atoms with van der Waals surface area (Å²) >= 11 is 0. The van der Waals surface area contributed by atoms with Gasteiger partial charge in [-0.3, -0.25) is 10.6 Å². The molecule has 8 nitrogen and oxygen atoms in total. The summed E-state index contributed by atoms with van der Waals surface area (Å²) in [5, 5.41) is 15.0. The largest absolute Gasteiger partial charge is 0.478 e. The average molecular weight is 468 g/mol. The summed E-state index contributed by atoms with van der Waals surface area (Å²) in [6.07, 6.45) is -1.65. The SMILES string of the molecule is O=C(Nc1cc(NC(=O)Oc2ccccc2)c(-c2ccccc2)c(C(=O)O)c1)Oc1ccccc1. The first kappa shape index (κ1) is 23.1. The molecule has 0 saturated carbocycles. The molecule has 8 heteroatoms. The Morgan fingerprint density at radius 2 is 1.11 bits per heavy atom. The summed E-state index contributed by atoms with van der Waals surface area (Å²) in [7, 11) is 0. The van der Waals surface area contributed by atoms with E-state index in [1.54, 1.807) is 91.0 Å². The van der Waals surface area contributed by atoms with Crippen LogP contribution in [0.1, 0.15) is 10.4 Å². The smallest absolute Gasteiger partial charge is 0.417 e. The van der Waals surface area contributed by atoms with Gasteiger partial charge in [-0.25, -0.2) is 14.4 Å². The van der Waals surface area contributed by atoms with E-state index in [2.05, 4.69) is 10.6 Å². The predicted octanol–water partition coefficient (Wildman–Crippen LogP) is 6.27. The number of anilines is 2. The molecule has 4 aromatic rings. The zero-order valence-electron chi connectivity index (χ0n) is 18.3. The van der Waals surface area contributed by atoms with Crippen LogP contribution in [0.5, 0.6) is 11.5 Å². The lowest BCUT2D eigenvalue weighted by Crippen LogP contribution is -2.20. The number of hydrogen-bond donors (Lipinski definition) is 3. The number of carbonyl (C=O) groups excluding carboxylic acids is 2. The van der Waals surface area contributed by atoms with E-state index < -0.39 is 18.2 Å². The van der Waals surface area contributed by atoms with Crippen LogP contribution < -0.4 is 20.1 Å². The molecule has 0 aliphatic rings. The summed E-state index contributed by atoms with van der Waals surface area (Å²) < 4.78 is 10.5. The minimum Gasteiger partial charge on any atom is -0.478 e. The molecule has 0 heterocycles. The molecule has 0 aliphatic heterocycles. The van der Waals surface area contributed by atoms with Gasteiger partial charge in [0, 0.05) is 11.3 Å². The Balaban J connectivity index is 1.69. The van der Waals surface area contributed by atoms with Gasteiger partial charge in [0.25, 0.3) is 0 Å². The Labute approximate surface area is 200 Å². The third kappa shape index (κ3) is 6.02. The Morgan fingerprint density at radius 3 is 1.63 bits per heavy atom. The molecular weight excluding hydrogens is 448 g/mol. The van der Waals surface area contributed by atoms with E-state index in [0.29, 0.717) is 17.1 Å². The monoisotopic (exact) mass is 468 g/mol. The normalized spacial score (nSPS) is 10.2. The molecule has 4 rings (SSSR count). The summed E-state index contributed by atoms with van der Waals surface area (Å²) in [6.45, 7) is 0. The molecule has 0 spiro atoms. The number of carbonyl (C=O) groups is 3. The van der Waals surface area contributed by atoms with Crippen molar-refractivity contribution >= 4 is 29.5 Å². The van der Waals surface area contributed by atoms with E-state index in [9.17, 15) is 19.5 Å². The quantitative estimate of drug-likeness (QED) is 0.307. The lowest BCUT2D eigenvalue weighted by atomic mass is 9.96. The highest BCUT2D eigenvalue weighted by Gasteiger charge is 2.21. The van der Waals surface area contributed by atoms with Gasteiger partial charge in [-0.2, -0.15) is 0 Å². The van der Waals surface area contributed by atoms with E-state index in [1.165, 1.54) is 12.1 Å². The second kappa shape index (κ2) is 10.7. The second-order valence-electron chi connectivity index (χ2n) is 7.27. The van der Waals surface area contributed by atoms with E-state index in [0.717, 1.165) is 0 Å². The molecule has 0 bridgehead atoms. The fraction of sp³-hybridized carbons (Fsp3) is 0. The van der Waals surface area contributed by atoms with Crippen molar-refractivity contribution in [2.75, 3.05) is 10.6 Å². The van der Waals surface area contributed by atoms with Gasteiger partial charge in [-0.05, 0) is 42.0 Å². The first-order chi connectivity index (χ1) is 17.0. The molecule has 3 N–H and O–H groups in total. The zero-order valence-corrected chi connectivity index (χ0v) is 18.3. The standard InChI is InChI=1S/C27H20N2O6/c30-25(31)22-16-19(28-26(32)34-20-12-6-2-7-13-20)17-23(24(22)18-10-4-1-5-11-18)29-27(33)35-21-14-8-3-9-15-21/h1-17H,(H,28,32)(H,29,33)(H,30,31). The van der Waals surface area contributed by atoms with Crippen molar-refractivity contribution in [3.8, 4) is 22.6 Å². The van der Waals surface area contributed by atoms with Gasteiger partial charge in [-0.15, -0.1) is 0 Å². The minimum atomic E-state index is -1.25. The van der Waals surface area contributed by atoms with Gasteiger partial charge in [0.2, 0.25) is 0 Å². The number of amides is 2. The van der Waals surface area contributed by atoms with E-state index in [1.807, 2.05) is 0 Å². The van der Waals surface area contributed by atoms with Crippen LogP contribution in [0.2, 0.25) is 0 Å². The van der Waals surface area contributed by atoms with E-state index >= 15 is 0 Å². The molecule has 0 atom stereocenters. The first-order valence-electron chi connectivity index (χ1n) is 10.5. The number of benzene rings is 4. The number of para-hydroxylation sites is 2. The van der Waals surface area contributed by atoms with Gasteiger partial charge in [-0.1, -0.05) is 66.7 Å². The number of carboxylic acids is 1. The van der Waals surface area contributed by atoms with Crippen LogP contribution in [0.15, 0.2) is 103 Å². The highest BCUT2D eigenvalue weighted by Crippen LogP contribution is 2.35. The molecule has 0 saturated heterocycles. The molecule has 0 unspecified atom stereocenters. The number of ether oxygens (including phenoxy) is 2. The highest BCUT2D eigenvalue weighted by molar-refractivity contribution is 6.05. The van der Waals surface area contributed by atoms with Crippen molar-refractivity contribution in [1.29, 1.82) is 0 Å². The minimum absolute atomic E-state index is 0.109. The number of nitrogens with one attached hydrogen (secondary N) is 2. The maximum Gasteiger partial charge on any atom is 0.417 e. The fourth-order valence-electron chi connectivity index (χ4n) is 3.37. The topological polar surface area (TPSA) is 114 Å². The molecule has 35 heavy (non-hydrogen) atoms. The van der Waals surface area contributed by atoms with Crippen molar-refractivity contribution in [1.82, 2.24) is 0 Å². The Morgan fingerprint density at radius 1 is 0.629 bits per heavy atom. The van der Waals surface area contributed by atoms with Crippen molar-refractivity contribution in [2.24, 2.45) is 0 Å². The Hall–Kier alpha value is -5.11. The van der Waals surface area contributed by atoms with Crippen molar-refractivity contribution in [3.63, 3.8) is 0 Å². The van der Waals surface area contributed by atoms with Gasteiger partial charge < -0.3 is 14.6 Å². The fourth-order valence-corrected chi connectivity index (χ4v) is 3.37. The Bertz CT molecular complexity index is 1340. The molecule has 0 aromatic heterocycles. The van der Waals surface area contributed by atoms with Crippen LogP contribution in [0.25, 0.3) is 11.1 Å². The summed E-state index contributed by atoms with van der Waals surface area (Å²) in [4.78, 5) is 37.2. The maximum atomic E-state index is 12.6. The number of aromatic carboxylic acids is 1. The van der Waals surface area contributed by atoms with Crippen LogP contribution in [-0.4, -0.2) is 23.3 Å². The Kier molecular flexibility index (Phi) is 7.03. The summed E-state index contributed by atoms with van der Waals surface area (Å²) in [5.74, 6) is -0.622. The molecular formula is C27H20N2O6. The maximum absolute atomic E-state index is 12.6. The number of carboxylic acid groups (broad SMARTS) is 1. The number of hydrogen-bond acceptors (Lipinski definition) is 5. The van der Waals surface area contributed by atoms with E-state index in [4.69, 9.17) is 9.47 Å². The lowest BCUT2D eigenvalue weighted by molar-refractivity contribution is 0.0697. The highest BCUT2D eigenvalue weighted by atomic mass is 16.6. The number of rotatable bonds is 6. The van der Waals surface area contributed by atoms with Crippen LogP contribution in [0.4, 0.5) is 21.0 Å². The molecule has 174 valence electrons. The third-order valence-corrected chi connectivity index (χ3v) is 4.82. The zero-order chi connectivity index (χ0) is 24.6. The van der Waals surface area contributed by atoms with Crippen molar-refractivity contribution < 1.29 is 29.0 Å². The average Bonchev–Trinajstić information content (AvgIpc) is 2.85. The molecule has 4 aromatic carbocycles. The molecule has 0 aliphatic carbocycles. The van der Waals surface area contributed by atoms with Gasteiger partial charge >= 0.3 is 18.2 Å². The lowest BCUT2D eigenvalue weighted by Gasteiger charge is -2.17.